The summed E-state index contributed by atoms with van der Waals surface area (Å²) in [7, 11) is 0. The Morgan fingerprint density at radius 2 is 1.76 bits per heavy atom. The molecule has 1 aliphatic heterocycles. The van der Waals surface area contributed by atoms with E-state index in [9.17, 15) is 26.3 Å². The van der Waals surface area contributed by atoms with Gasteiger partial charge in [0.1, 0.15) is 5.82 Å². The molecule has 0 unspecified atom stereocenters. The molecule has 1 atom stereocenters. The van der Waals surface area contributed by atoms with Gasteiger partial charge in [0.2, 0.25) is 0 Å². The molecule has 0 aliphatic carbocycles. The number of rotatable bonds is 6. The molecule has 0 aromatic heterocycles. The number of halogens is 6. The molecule has 2 rings (SSSR count). The first-order valence-electron chi connectivity index (χ1n) is 8.56. The molecule has 0 radical (unpaired) electrons. The van der Waals surface area contributed by atoms with Gasteiger partial charge in [-0.2, -0.15) is 26.3 Å². The van der Waals surface area contributed by atoms with Crippen molar-refractivity contribution in [3.8, 4) is 6.07 Å². The molecule has 1 aromatic rings. The average molecular weight is 417 g/mol. The number of hydrogen-bond donors (Lipinski definition) is 3. The first kappa shape index (κ1) is 22.4. The van der Waals surface area contributed by atoms with E-state index >= 15 is 0 Å². The Hall–Kier alpha value is -2.92. The van der Waals surface area contributed by atoms with Crippen LogP contribution in [-0.2, 0) is 18.9 Å². The topological polar surface area (TPSA) is 64.2 Å². The largest absolute Gasteiger partial charge is 0.416 e. The van der Waals surface area contributed by atoms with E-state index in [0.717, 1.165) is 19.4 Å². The second-order valence-corrected chi connectivity index (χ2v) is 6.39. The second kappa shape index (κ2) is 9.05. The number of nitrogens with zero attached hydrogens (tertiary/aromatic N) is 2. The van der Waals surface area contributed by atoms with Crippen LogP contribution in [-0.4, -0.2) is 19.1 Å². The van der Waals surface area contributed by atoms with Crippen molar-refractivity contribution in [2.24, 2.45) is 0 Å². The SMILES string of the molecule is [C-]#[N+]/C(C#N)=C(\NCc1cc(C(F)(F)F)cc(C(F)(F)F)c1)NC[C@@H]1CCCN1. The Labute approximate surface area is 163 Å². The third-order valence-electron chi connectivity index (χ3n) is 4.26. The highest BCUT2D eigenvalue weighted by Gasteiger charge is 2.36. The van der Waals surface area contributed by atoms with Gasteiger partial charge in [-0.1, -0.05) is 0 Å². The van der Waals surface area contributed by atoms with Gasteiger partial charge in [-0.25, -0.2) is 10.1 Å². The van der Waals surface area contributed by atoms with Crippen LogP contribution in [0.15, 0.2) is 29.7 Å². The smallest absolute Gasteiger partial charge is 0.379 e. The lowest BCUT2D eigenvalue weighted by atomic mass is 10.0. The van der Waals surface area contributed by atoms with Crippen molar-refractivity contribution in [3.05, 3.63) is 57.8 Å². The van der Waals surface area contributed by atoms with Crippen LogP contribution >= 0.6 is 0 Å². The molecule has 11 heteroatoms. The fourth-order valence-corrected chi connectivity index (χ4v) is 2.83. The molecule has 1 saturated heterocycles. The van der Waals surface area contributed by atoms with Crippen LogP contribution in [0.1, 0.15) is 29.5 Å². The monoisotopic (exact) mass is 417 g/mol. The van der Waals surface area contributed by atoms with Crippen molar-refractivity contribution in [1.82, 2.24) is 16.0 Å². The molecule has 5 nitrogen and oxygen atoms in total. The minimum Gasteiger partial charge on any atom is -0.379 e. The van der Waals surface area contributed by atoms with Crippen molar-refractivity contribution >= 4 is 0 Å². The van der Waals surface area contributed by atoms with Gasteiger partial charge in [0.05, 0.1) is 23.8 Å². The minimum atomic E-state index is -4.95. The first-order chi connectivity index (χ1) is 13.5. The Balaban J connectivity index is 2.24. The molecule has 0 saturated carbocycles. The molecule has 29 heavy (non-hydrogen) atoms. The highest BCUT2D eigenvalue weighted by atomic mass is 19.4. The standard InChI is InChI=1S/C18H17F6N5/c1-26-15(8-25)16(29-10-14-3-2-4-27-14)28-9-11-5-12(17(19,20)21)7-13(6-11)18(22,23)24/h5-7,14,27-29H,2-4,9-10H2/b16-15+/t14-/m0/s1. The van der Waals surface area contributed by atoms with Crippen LogP contribution in [0.5, 0.6) is 0 Å². The lowest BCUT2D eigenvalue weighted by Crippen LogP contribution is -2.37. The molecular weight excluding hydrogens is 400 g/mol. The van der Waals surface area contributed by atoms with E-state index in [1.165, 1.54) is 0 Å². The highest BCUT2D eigenvalue weighted by molar-refractivity contribution is 5.35. The summed E-state index contributed by atoms with van der Waals surface area (Å²) >= 11 is 0. The first-order valence-corrected chi connectivity index (χ1v) is 8.56. The quantitative estimate of drug-likeness (QED) is 0.375. The fraction of sp³-hybridized carbons (Fsp3) is 0.444. The fourth-order valence-electron chi connectivity index (χ4n) is 2.83. The van der Waals surface area contributed by atoms with Gasteiger partial charge < -0.3 is 16.0 Å². The van der Waals surface area contributed by atoms with Crippen LogP contribution in [0, 0.1) is 17.9 Å². The lowest BCUT2D eigenvalue weighted by molar-refractivity contribution is -0.143. The Morgan fingerprint density at radius 3 is 2.21 bits per heavy atom. The average Bonchev–Trinajstić information content (AvgIpc) is 3.16. The zero-order valence-electron chi connectivity index (χ0n) is 15.0. The van der Waals surface area contributed by atoms with Gasteiger partial charge in [0.25, 0.3) is 5.70 Å². The van der Waals surface area contributed by atoms with Crippen molar-refractivity contribution in [3.63, 3.8) is 0 Å². The van der Waals surface area contributed by atoms with Crippen LogP contribution in [0.3, 0.4) is 0 Å². The van der Waals surface area contributed by atoms with Gasteiger partial charge in [-0.05, 0) is 43.1 Å². The van der Waals surface area contributed by atoms with Gasteiger partial charge in [-0.3, -0.25) is 0 Å². The molecule has 1 aliphatic rings. The maximum atomic E-state index is 13.0. The number of hydrogen-bond acceptors (Lipinski definition) is 4. The van der Waals surface area contributed by atoms with Gasteiger partial charge in [0.15, 0.2) is 0 Å². The van der Waals surface area contributed by atoms with Gasteiger partial charge in [0, 0.05) is 19.1 Å². The van der Waals surface area contributed by atoms with E-state index in [1.54, 1.807) is 6.07 Å². The van der Waals surface area contributed by atoms with E-state index in [1.807, 2.05) is 0 Å². The third kappa shape index (κ3) is 6.29. The predicted octanol–water partition coefficient (Wildman–Crippen LogP) is 3.77. The van der Waals surface area contributed by atoms with Crippen molar-refractivity contribution in [2.75, 3.05) is 13.1 Å². The normalized spacial score (nSPS) is 17.9. The third-order valence-corrected chi connectivity index (χ3v) is 4.26. The summed E-state index contributed by atoms with van der Waals surface area (Å²) < 4.78 is 77.8. The van der Waals surface area contributed by atoms with E-state index in [-0.39, 0.29) is 29.2 Å². The van der Waals surface area contributed by atoms with E-state index in [2.05, 4.69) is 20.8 Å². The summed E-state index contributed by atoms with van der Waals surface area (Å²) in [6.07, 6.45) is -8.08. The van der Waals surface area contributed by atoms with Crippen LogP contribution in [0.2, 0.25) is 0 Å². The second-order valence-electron chi connectivity index (χ2n) is 6.39. The summed E-state index contributed by atoms with van der Waals surface area (Å²) in [5.74, 6) is -0.0397. The van der Waals surface area contributed by atoms with Crippen molar-refractivity contribution in [1.29, 1.82) is 5.26 Å². The van der Waals surface area contributed by atoms with Crippen LogP contribution < -0.4 is 16.0 Å². The van der Waals surface area contributed by atoms with Gasteiger partial charge in [-0.15, -0.1) is 0 Å². The summed E-state index contributed by atoms with van der Waals surface area (Å²) in [5, 5.41) is 17.7. The number of allylic oxidation sites excluding steroid dienone is 1. The molecule has 1 fully saturated rings. The maximum Gasteiger partial charge on any atom is 0.416 e. The summed E-state index contributed by atoms with van der Waals surface area (Å²) in [4.78, 5) is 3.04. The Morgan fingerprint density at radius 1 is 1.14 bits per heavy atom. The van der Waals surface area contributed by atoms with E-state index in [0.29, 0.717) is 18.7 Å². The van der Waals surface area contributed by atoms with Crippen molar-refractivity contribution < 1.29 is 26.3 Å². The van der Waals surface area contributed by atoms with Crippen LogP contribution in [0.4, 0.5) is 26.3 Å². The molecule has 156 valence electrons. The van der Waals surface area contributed by atoms with Crippen molar-refractivity contribution in [2.45, 2.75) is 37.8 Å². The maximum absolute atomic E-state index is 13.0. The minimum absolute atomic E-state index is 0.0397. The molecular formula is C18H17F6N5. The lowest BCUT2D eigenvalue weighted by Gasteiger charge is -2.19. The number of alkyl halides is 6. The molecule has 3 N–H and O–H groups in total. The molecule has 0 spiro atoms. The molecule has 1 aromatic carbocycles. The highest BCUT2D eigenvalue weighted by Crippen LogP contribution is 2.36. The van der Waals surface area contributed by atoms with Crippen LogP contribution in [0.25, 0.3) is 4.85 Å². The van der Waals surface area contributed by atoms with E-state index < -0.39 is 30.0 Å². The Kier molecular flexibility index (Phi) is 6.98. The molecule has 1 heterocycles. The summed E-state index contributed by atoms with van der Waals surface area (Å²) in [6.45, 7) is 7.77. The molecule has 0 bridgehead atoms. The molecule has 0 amide bonds. The number of nitriles is 1. The van der Waals surface area contributed by atoms with Gasteiger partial charge >= 0.3 is 12.4 Å². The Bertz CT molecular complexity index is 790. The van der Waals surface area contributed by atoms with E-state index in [4.69, 9.17) is 11.8 Å². The number of nitrogens with one attached hydrogen (secondary N) is 3. The predicted molar refractivity (Wildman–Crippen MR) is 91.6 cm³/mol. The zero-order valence-corrected chi connectivity index (χ0v) is 15.0. The number of benzene rings is 1. The summed E-state index contributed by atoms with van der Waals surface area (Å²) in [5.41, 5.74) is -3.51. The zero-order chi connectivity index (χ0) is 21.7. The summed E-state index contributed by atoms with van der Waals surface area (Å²) in [6, 6.07) is 2.99.